The summed E-state index contributed by atoms with van der Waals surface area (Å²) in [5.74, 6) is 0.283. The third-order valence-corrected chi connectivity index (χ3v) is 18.3. The number of fused-ring (bicyclic) bond motifs is 11. The molecule has 2 aromatic heterocycles. The minimum absolute atomic E-state index is 0.0616. The van der Waals surface area contributed by atoms with Crippen LogP contribution in [-0.2, 0) is 10.8 Å². The van der Waals surface area contributed by atoms with Crippen molar-refractivity contribution in [1.82, 2.24) is 4.57 Å². The van der Waals surface area contributed by atoms with Crippen molar-refractivity contribution in [2.75, 3.05) is 4.90 Å². The fraction of sp³-hybridized carbons (Fsp3) is 0.105. The molecule has 2 heterocycles. The van der Waals surface area contributed by atoms with Gasteiger partial charge in [-0.05, 0) is 141 Å². The Balaban J connectivity index is 0.947. The van der Waals surface area contributed by atoms with Crippen molar-refractivity contribution in [3.05, 3.63) is 306 Å². The number of rotatable bonds is 8. The third kappa shape index (κ3) is 6.72. The van der Waals surface area contributed by atoms with Crippen molar-refractivity contribution in [2.45, 2.75) is 43.4 Å². The maximum Gasteiger partial charge on any atom is 0.135 e. The van der Waals surface area contributed by atoms with Gasteiger partial charge in [-0.15, -0.1) is 0 Å². The summed E-state index contributed by atoms with van der Waals surface area (Å²) < 4.78 is 8.93. The molecule has 3 atom stereocenters. The van der Waals surface area contributed by atoms with Crippen molar-refractivity contribution >= 4 is 66.4 Å². The summed E-state index contributed by atoms with van der Waals surface area (Å²) in [7, 11) is 0. The Morgan fingerprint density at radius 1 is 0.506 bits per heavy atom. The Kier molecular flexibility index (Phi) is 10.2. The molecular weight excluding hydrogens is 957 g/mol. The van der Waals surface area contributed by atoms with Gasteiger partial charge in [-0.3, -0.25) is 0 Å². The summed E-state index contributed by atoms with van der Waals surface area (Å²) in [6.45, 7) is 4.85. The van der Waals surface area contributed by atoms with E-state index in [-0.39, 0.29) is 17.3 Å². The highest BCUT2D eigenvalue weighted by Gasteiger charge is 2.53. The van der Waals surface area contributed by atoms with Gasteiger partial charge in [0.1, 0.15) is 11.2 Å². The van der Waals surface area contributed by atoms with Gasteiger partial charge in [0, 0.05) is 61.4 Å². The van der Waals surface area contributed by atoms with Crippen molar-refractivity contribution in [2.24, 2.45) is 5.92 Å². The molecule has 0 N–H and O–H groups in total. The van der Waals surface area contributed by atoms with E-state index in [0.29, 0.717) is 0 Å². The van der Waals surface area contributed by atoms with Crippen LogP contribution in [-0.4, -0.2) is 4.57 Å². The molecule has 0 saturated carbocycles. The summed E-state index contributed by atoms with van der Waals surface area (Å²) >= 11 is 0. The lowest BCUT2D eigenvalue weighted by Crippen LogP contribution is -2.35. The number of anilines is 3. The maximum atomic E-state index is 6.51. The van der Waals surface area contributed by atoms with Crippen molar-refractivity contribution in [3.63, 3.8) is 0 Å². The monoisotopic (exact) mass is 1010 g/mol. The standard InChI is InChI=1S/C76H56N2O/c1-75(2)65-33-14-10-31-63(65)74-62(32-20-35-67(74)75)59-29-12-16-36-69(59)77(54-26-19-21-49(45-54)50-39-42-60-58-28-11-17-37-70(58)78(71(60)46-50)53-24-7-4-8-25-53)55-41-43-57-56-27-9-15-34-66(56)76(68(57)48-55,51-22-5-3-6-23-51)52-40-44-73-64(47-52)61-30-13-18-38-72(61)79-73/h3-13,15-32,34-48,56,66H,14,33H2,1-2H3. The highest BCUT2D eigenvalue weighted by atomic mass is 16.3. The number of benzene rings is 10. The molecule has 16 rings (SSSR count). The lowest BCUT2D eigenvalue weighted by Gasteiger charge is -2.39. The van der Waals surface area contributed by atoms with Gasteiger partial charge in [-0.25, -0.2) is 0 Å². The van der Waals surface area contributed by atoms with E-state index in [2.05, 4.69) is 290 Å². The number of nitrogens with zero attached hydrogens (tertiary/aromatic N) is 2. The second kappa shape index (κ2) is 17.5. The topological polar surface area (TPSA) is 21.3 Å². The molecule has 79 heavy (non-hydrogen) atoms. The lowest BCUT2D eigenvalue weighted by molar-refractivity contribution is 0.457. The van der Waals surface area contributed by atoms with E-state index in [1.807, 2.05) is 0 Å². The molecule has 0 radical (unpaired) electrons. The van der Waals surface area contributed by atoms with Crippen molar-refractivity contribution in [1.29, 1.82) is 0 Å². The Labute approximate surface area is 461 Å². The van der Waals surface area contributed by atoms with E-state index < -0.39 is 5.41 Å². The van der Waals surface area contributed by atoms with Crippen molar-refractivity contribution in [3.8, 4) is 27.9 Å². The zero-order chi connectivity index (χ0) is 52.4. The molecule has 10 aromatic carbocycles. The quantitative estimate of drug-likeness (QED) is 0.151. The Morgan fingerprint density at radius 3 is 2.13 bits per heavy atom. The molecule has 0 spiro atoms. The molecule has 3 unspecified atom stereocenters. The van der Waals surface area contributed by atoms with Crippen LogP contribution >= 0.6 is 0 Å². The first-order chi connectivity index (χ1) is 38.9. The molecule has 4 aliphatic rings. The zero-order valence-corrected chi connectivity index (χ0v) is 44.3. The molecular formula is C76H56N2O. The Morgan fingerprint density at radius 2 is 1.23 bits per heavy atom. The number of para-hydroxylation sites is 4. The van der Waals surface area contributed by atoms with Gasteiger partial charge in [0.25, 0.3) is 0 Å². The first-order valence-electron chi connectivity index (χ1n) is 28.0. The van der Waals surface area contributed by atoms with Crippen LogP contribution < -0.4 is 4.90 Å². The molecule has 3 heteroatoms. The van der Waals surface area contributed by atoms with Gasteiger partial charge in [-0.2, -0.15) is 0 Å². The molecule has 0 amide bonds. The molecule has 0 bridgehead atoms. The fourth-order valence-electron chi connectivity index (χ4n) is 14.8. The SMILES string of the molecule is CC1(C)C2=C(C=CCC2)c2c(-c3ccccc3N(c3cccc(-c4ccc5c6ccccc6n(-c6ccccc6)c5c4)c3)c3ccc4c(c3)C(c3ccccc3)(c3ccc5oc6ccccc6c5c3)C3C=CC=CC43)cccc21. The number of allylic oxidation sites excluding steroid dienone is 8. The van der Waals surface area contributed by atoms with Crippen LogP contribution in [0, 0.1) is 5.92 Å². The van der Waals surface area contributed by atoms with Crippen LogP contribution in [0.2, 0.25) is 0 Å². The van der Waals surface area contributed by atoms with Gasteiger partial charge in [-0.1, -0.05) is 214 Å². The number of hydrogen-bond donors (Lipinski definition) is 0. The van der Waals surface area contributed by atoms with Crippen molar-refractivity contribution < 1.29 is 4.42 Å². The summed E-state index contributed by atoms with van der Waals surface area (Å²) in [5.41, 5.74) is 23.8. The highest BCUT2D eigenvalue weighted by molar-refractivity contribution is 6.10. The first kappa shape index (κ1) is 45.7. The molecule has 4 aliphatic carbocycles. The average Bonchev–Trinajstić information content (AvgIpc) is 4.30. The van der Waals surface area contributed by atoms with Crippen LogP contribution in [0.5, 0.6) is 0 Å². The van der Waals surface area contributed by atoms with Gasteiger partial charge >= 0.3 is 0 Å². The van der Waals surface area contributed by atoms with Crippen LogP contribution in [0.1, 0.15) is 66.0 Å². The third-order valence-electron chi connectivity index (χ3n) is 18.3. The number of hydrogen-bond acceptors (Lipinski definition) is 2. The Bertz CT molecular complexity index is 4600. The molecule has 3 nitrogen and oxygen atoms in total. The van der Waals surface area contributed by atoms with Gasteiger partial charge in [0.15, 0.2) is 0 Å². The van der Waals surface area contributed by atoms with Gasteiger partial charge in [0.05, 0.1) is 22.1 Å². The zero-order valence-electron chi connectivity index (χ0n) is 44.3. The molecule has 0 fully saturated rings. The predicted molar refractivity (Wildman–Crippen MR) is 329 cm³/mol. The van der Waals surface area contributed by atoms with Crippen LogP contribution in [0.3, 0.4) is 0 Å². The number of aromatic nitrogens is 1. The van der Waals surface area contributed by atoms with Crippen LogP contribution in [0.25, 0.3) is 77.3 Å². The predicted octanol–water partition coefficient (Wildman–Crippen LogP) is 20.1. The second-order valence-electron chi connectivity index (χ2n) is 22.6. The summed E-state index contributed by atoms with van der Waals surface area (Å²) in [4.78, 5) is 2.56. The highest BCUT2D eigenvalue weighted by Crippen LogP contribution is 2.61. The van der Waals surface area contributed by atoms with E-state index in [4.69, 9.17) is 4.42 Å². The second-order valence-corrected chi connectivity index (χ2v) is 22.6. The number of furan rings is 1. The fourth-order valence-corrected chi connectivity index (χ4v) is 14.8. The summed E-state index contributed by atoms with van der Waals surface area (Å²) in [6.07, 6.45) is 16.4. The van der Waals surface area contributed by atoms with E-state index >= 15 is 0 Å². The maximum absolute atomic E-state index is 6.51. The van der Waals surface area contributed by atoms with E-state index in [1.54, 1.807) is 5.57 Å². The van der Waals surface area contributed by atoms with Gasteiger partial charge in [0.2, 0.25) is 0 Å². The van der Waals surface area contributed by atoms with Crippen LogP contribution in [0.4, 0.5) is 17.1 Å². The lowest BCUT2D eigenvalue weighted by atomic mass is 9.63. The largest absolute Gasteiger partial charge is 0.456 e. The van der Waals surface area contributed by atoms with Gasteiger partial charge < -0.3 is 13.9 Å². The minimum atomic E-state index is -0.549. The molecule has 12 aromatic rings. The Hall–Kier alpha value is -9.44. The average molecular weight is 1010 g/mol. The van der Waals surface area contributed by atoms with E-state index in [9.17, 15) is 0 Å². The molecule has 0 aliphatic heterocycles. The van der Waals surface area contributed by atoms with E-state index in [0.717, 1.165) is 68.7 Å². The first-order valence-corrected chi connectivity index (χ1v) is 28.0. The molecule has 0 saturated heterocycles. The van der Waals surface area contributed by atoms with E-state index in [1.165, 1.54) is 71.9 Å². The summed E-state index contributed by atoms with van der Waals surface area (Å²) in [5, 5.41) is 4.76. The normalized spacial score (nSPS) is 18.6. The van der Waals surface area contributed by atoms with Crippen LogP contribution in [0.15, 0.2) is 277 Å². The molecule has 376 valence electrons. The smallest absolute Gasteiger partial charge is 0.135 e. The minimum Gasteiger partial charge on any atom is -0.456 e. The summed E-state index contributed by atoms with van der Waals surface area (Å²) in [6, 6.07) is 86.2.